The highest BCUT2D eigenvalue weighted by molar-refractivity contribution is 6.33. The average Bonchev–Trinajstić information content (AvgIpc) is 2.42. The number of nitrogens with zero attached hydrogens (tertiary/aromatic N) is 4. The zero-order valence-corrected chi connectivity index (χ0v) is 12.0. The molecule has 1 aliphatic rings. The van der Waals surface area contributed by atoms with Gasteiger partial charge in [0.1, 0.15) is 0 Å². The second kappa shape index (κ2) is 6.25. The van der Waals surface area contributed by atoms with E-state index < -0.39 is 0 Å². The molecule has 1 aliphatic heterocycles. The van der Waals surface area contributed by atoms with Gasteiger partial charge < -0.3 is 14.5 Å². The van der Waals surface area contributed by atoms with Crippen molar-refractivity contribution in [1.82, 2.24) is 15.1 Å². The number of anilines is 1. The fraction of sp³-hybridized carbons (Fsp3) is 0.545. The second-order valence-corrected chi connectivity index (χ2v) is 4.76. The summed E-state index contributed by atoms with van der Waals surface area (Å²) in [6.07, 6.45) is -0.279. The van der Waals surface area contributed by atoms with Crippen molar-refractivity contribution >= 4 is 35.0 Å². The lowest BCUT2D eigenvalue weighted by atomic mass is 10.3. The zero-order chi connectivity index (χ0) is 13.8. The van der Waals surface area contributed by atoms with Gasteiger partial charge in [0.2, 0.25) is 0 Å². The summed E-state index contributed by atoms with van der Waals surface area (Å²) in [4.78, 5) is 15.3. The van der Waals surface area contributed by atoms with Crippen molar-refractivity contribution in [2.24, 2.45) is 0 Å². The van der Waals surface area contributed by atoms with Crippen LogP contribution in [0.5, 0.6) is 0 Å². The minimum Gasteiger partial charge on any atom is -0.450 e. The topological polar surface area (TPSA) is 58.6 Å². The Morgan fingerprint density at radius 1 is 1.32 bits per heavy atom. The molecule has 0 saturated carbocycles. The van der Waals surface area contributed by atoms with E-state index in [0.717, 1.165) is 5.69 Å². The van der Waals surface area contributed by atoms with E-state index in [-0.39, 0.29) is 6.09 Å². The molecular weight excluding hydrogens is 291 g/mol. The maximum absolute atomic E-state index is 11.6. The Hall–Kier alpha value is -1.27. The van der Waals surface area contributed by atoms with E-state index in [1.54, 1.807) is 17.9 Å². The first-order chi connectivity index (χ1) is 9.11. The van der Waals surface area contributed by atoms with Crippen LogP contribution < -0.4 is 4.90 Å². The summed E-state index contributed by atoms with van der Waals surface area (Å²) in [5.41, 5.74) is 0.741. The highest BCUT2D eigenvalue weighted by atomic mass is 35.5. The molecule has 0 unspecified atom stereocenters. The van der Waals surface area contributed by atoms with Crippen molar-refractivity contribution < 1.29 is 9.53 Å². The van der Waals surface area contributed by atoms with Crippen LogP contribution in [-0.4, -0.2) is 54.0 Å². The average molecular weight is 305 g/mol. The first-order valence-electron chi connectivity index (χ1n) is 5.97. The molecule has 2 heterocycles. The Labute approximate surface area is 121 Å². The zero-order valence-electron chi connectivity index (χ0n) is 10.5. The number of carbonyl (C=O) groups is 1. The van der Waals surface area contributed by atoms with Crippen molar-refractivity contribution in [3.63, 3.8) is 0 Å². The quantitative estimate of drug-likeness (QED) is 0.837. The van der Waals surface area contributed by atoms with Gasteiger partial charge in [-0.2, -0.15) is 0 Å². The number of hydrogen-bond acceptors (Lipinski definition) is 5. The minimum atomic E-state index is -0.279. The van der Waals surface area contributed by atoms with Crippen molar-refractivity contribution in [3.05, 3.63) is 16.4 Å². The SMILES string of the molecule is CCOC(=O)N1CCN(c2cc(Cl)nnc2Cl)CC1. The summed E-state index contributed by atoms with van der Waals surface area (Å²) >= 11 is 11.8. The molecule has 0 aromatic carbocycles. The maximum atomic E-state index is 11.6. The van der Waals surface area contributed by atoms with Crippen molar-refractivity contribution in [3.8, 4) is 0 Å². The fourth-order valence-electron chi connectivity index (χ4n) is 1.91. The maximum Gasteiger partial charge on any atom is 0.409 e. The monoisotopic (exact) mass is 304 g/mol. The lowest BCUT2D eigenvalue weighted by molar-refractivity contribution is 0.105. The van der Waals surface area contributed by atoms with Crippen LogP contribution in [0.1, 0.15) is 6.92 Å². The van der Waals surface area contributed by atoms with E-state index in [1.807, 2.05) is 4.90 Å². The lowest BCUT2D eigenvalue weighted by Crippen LogP contribution is -2.49. The van der Waals surface area contributed by atoms with Crippen molar-refractivity contribution in [2.45, 2.75) is 6.92 Å². The smallest absolute Gasteiger partial charge is 0.409 e. The van der Waals surface area contributed by atoms with Crippen LogP contribution >= 0.6 is 23.2 Å². The van der Waals surface area contributed by atoms with Crippen LogP contribution in [0.3, 0.4) is 0 Å². The van der Waals surface area contributed by atoms with Gasteiger partial charge in [-0.1, -0.05) is 23.2 Å². The summed E-state index contributed by atoms with van der Waals surface area (Å²) in [5, 5.41) is 8.06. The number of rotatable bonds is 2. The molecular formula is C11H14Cl2N4O2. The molecule has 6 nitrogen and oxygen atoms in total. The third kappa shape index (κ3) is 3.39. The Bertz CT molecular complexity index is 464. The largest absolute Gasteiger partial charge is 0.450 e. The Kier molecular flexibility index (Phi) is 4.66. The van der Waals surface area contributed by atoms with Crippen LogP contribution in [-0.2, 0) is 4.74 Å². The molecule has 0 bridgehead atoms. The molecule has 0 aliphatic carbocycles. The predicted molar refractivity (Wildman–Crippen MR) is 72.9 cm³/mol. The van der Waals surface area contributed by atoms with Gasteiger partial charge in [-0.15, -0.1) is 10.2 Å². The summed E-state index contributed by atoms with van der Waals surface area (Å²) in [5.74, 6) is 0. The van der Waals surface area contributed by atoms with E-state index >= 15 is 0 Å². The number of ether oxygens (including phenoxy) is 1. The van der Waals surface area contributed by atoms with E-state index in [1.165, 1.54) is 0 Å². The van der Waals surface area contributed by atoms with Gasteiger partial charge >= 0.3 is 6.09 Å². The molecule has 0 atom stereocenters. The Morgan fingerprint density at radius 3 is 2.63 bits per heavy atom. The van der Waals surface area contributed by atoms with Gasteiger partial charge in [0.25, 0.3) is 0 Å². The van der Waals surface area contributed by atoms with Gasteiger partial charge in [-0.25, -0.2) is 4.79 Å². The number of piperazine rings is 1. The summed E-state index contributed by atoms with van der Waals surface area (Å²) in [7, 11) is 0. The first kappa shape index (κ1) is 14.1. The summed E-state index contributed by atoms with van der Waals surface area (Å²) < 4.78 is 4.96. The normalized spacial score (nSPS) is 15.5. The minimum absolute atomic E-state index is 0.279. The number of carbonyl (C=O) groups excluding carboxylic acids is 1. The third-order valence-electron chi connectivity index (χ3n) is 2.85. The van der Waals surface area contributed by atoms with E-state index in [4.69, 9.17) is 27.9 Å². The van der Waals surface area contributed by atoms with Crippen LogP contribution in [0, 0.1) is 0 Å². The molecule has 2 rings (SSSR count). The molecule has 19 heavy (non-hydrogen) atoms. The molecule has 1 saturated heterocycles. The van der Waals surface area contributed by atoms with Crippen molar-refractivity contribution in [2.75, 3.05) is 37.7 Å². The van der Waals surface area contributed by atoms with Gasteiger partial charge in [0.15, 0.2) is 10.3 Å². The van der Waals surface area contributed by atoms with Crippen molar-refractivity contribution in [1.29, 1.82) is 0 Å². The lowest BCUT2D eigenvalue weighted by Gasteiger charge is -2.35. The third-order valence-corrected chi connectivity index (χ3v) is 3.30. The van der Waals surface area contributed by atoms with Crippen LogP contribution in [0.25, 0.3) is 0 Å². The predicted octanol–water partition coefficient (Wildman–Crippen LogP) is 2.06. The molecule has 0 spiro atoms. The summed E-state index contributed by atoms with van der Waals surface area (Å²) in [6, 6.07) is 1.68. The van der Waals surface area contributed by atoms with Crippen LogP contribution in [0.4, 0.5) is 10.5 Å². The fourth-order valence-corrected chi connectivity index (χ4v) is 2.26. The Morgan fingerprint density at radius 2 is 2.00 bits per heavy atom. The van der Waals surface area contributed by atoms with Crippen LogP contribution in [0.2, 0.25) is 10.3 Å². The molecule has 0 radical (unpaired) electrons. The molecule has 1 amide bonds. The molecule has 1 aromatic rings. The number of amides is 1. The summed E-state index contributed by atoms with van der Waals surface area (Å²) in [6.45, 7) is 4.64. The second-order valence-electron chi connectivity index (χ2n) is 4.02. The highest BCUT2D eigenvalue weighted by Crippen LogP contribution is 2.26. The molecule has 8 heteroatoms. The number of hydrogen-bond donors (Lipinski definition) is 0. The Balaban J connectivity index is 2.00. The van der Waals surface area contributed by atoms with E-state index in [0.29, 0.717) is 43.1 Å². The number of halogens is 2. The van der Waals surface area contributed by atoms with Crippen LogP contribution in [0.15, 0.2) is 6.07 Å². The standard InChI is InChI=1S/C11H14Cl2N4O2/c1-2-19-11(18)17-5-3-16(4-6-17)8-7-9(12)14-15-10(8)13/h7H,2-6H2,1H3. The van der Waals surface area contributed by atoms with Gasteiger partial charge in [0, 0.05) is 32.2 Å². The molecule has 1 fully saturated rings. The molecule has 1 aromatic heterocycles. The molecule has 0 N–H and O–H groups in total. The van der Waals surface area contributed by atoms with Gasteiger partial charge in [-0.3, -0.25) is 0 Å². The first-order valence-corrected chi connectivity index (χ1v) is 6.72. The molecule has 104 valence electrons. The van der Waals surface area contributed by atoms with Gasteiger partial charge in [-0.05, 0) is 6.92 Å². The van der Waals surface area contributed by atoms with E-state index in [2.05, 4.69) is 10.2 Å². The number of aromatic nitrogens is 2. The van der Waals surface area contributed by atoms with E-state index in [9.17, 15) is 4.79 Å². The highest BCUT2D eigenvalue weighted by Gasteiger charge is 2.23. The van der Waals surface area contributed by atoms with Gasteiger partial charge in [0.05, 0.1) is 12.3 Å².